The summed E-state index contributed by atoms with van der Waals surface area (Å²) in [5, 5.41) is 0. The van der Waals surface area contributed by atoms with Crippen LogP contribution >= 0.6 is 0 Å². The third kappa shape index (κ3) is 26.6. The van der Waals surface area contributed by atoms with Gasteiger partial charge in [-0.15, -0.1) is 0 Å². The fourth-order valence-corrected chi connectivity index (χ4v) is 13.9. The van der Waals surface area contributed by atoms with Gasteiger partial charge in [0, 0.05) is 623 Å². The smallest absolute Gasteiger partial charge is 0 e. The van der Waals surface area contributed by atoms with E-state index in [2.05, 4.69) is 0 Å². The Kier molecular flexibility index (Phi) is 49.9. The molecule has 0 fully saturated rings. The maximum atomic E-state index is 7.11. The zero-order chi connectivity index (χ0) is 64.2. The maximum absolute atomic E-state index is 7.11. The standard InChI is InChI=1S/B81.U.V/c1-43(2)63(41)75(62(39)40)78(70(52(19)20)53(21)22)65(79(80(71(54(23)24)55(25)26)72(56(27)28)57(29)30)81(73(58(31)32)59(33)34)74(60(35)36)61(37)38)42-64(76(66(44(3)4)45(5)6)67(46(7)8)47(9)10)77(68(48(11)12)49(13)14)69(50(15)16)51(17)18;;. The van der Waals surface area contributed by atoms with Gasteiger partial charge in [-0.25, -0.2) is 0 Å². The number of rotatable bonds is 39. The van der Waals surface area contributed by atoms with E-state index in [1.807, 2.05) is 0 Å². The molecule has 0 aliphatic rings. The van der Waals surface area contributed by atoms with Crippen molar-refractivity contribution in [3.8, 4) is 0 Å². The summed E-state index contributed by atoms with van der Waals surface area (Å²) in [7, 11) is 280. The van der Waals surface area contributed by atoms with Gasteiger partial charge in [-0.05, 0) is 0 Å². The average molecular weight is 1160 g/mol. The summed E-state index contributed by atoms with van der Waals surface area (Å²) in [4.78, 5) is 0. The van der Waals surface area contributed by atoms with Crippen molar-refractivity contribution in [2.75, 3.05) is 0 Å². The summed E-state index contributed by atoms with van der Waals surface area (Å²) in [6.45, 7) is 0. The van der Waals surface area contributed by atoms with E-state index in [9.17, 15) is 0 Å². The molecular weight excluding hydrogens is 1160 g/mol. The first-order valence-corrected chi connectivity index (χ1v) is 26.7. The van der Waals surface area contributed by atoms with Crippen molar-refractivity contribution < 1.29 is 49.7 Å². The Hall–Kier alpha value is 6.90. The molecule has 83 heteroatoms. The van der Waals surface area contributed by atoms with Gasteiger partial charge >= 0.3 is 0 Å². The number of hydrogen-bond donors (Lipinski definition) is 0. The predicted molar refractivity (Wildman–Crippen MR) is 466 cm³/mol. The fraction of sp³-hybridized carbons (Fsp3) is 0. The predicted octanol–water partition coefficient (Wildman–Crippen LogP) is -30.8. The molecule has 0 saturated carbocycles. The van der Waals surface area contributed by atoms with Crippen molar-refractivity contribution in [3.63, 3.8) is 0 Å². The minimum Gasteiger partial charge on any atom is 0 e. The average Bonchev–Trinajstić information content (AvgIpc) is 3.24. The van der Waals surface area contributed by atoms with Crippen LogP contribution in [0, 0.1) is 31.1 Å². The Balaban J connectivity index is -0.0000320. The van der Waals surface area contributed by atoms with Crippen molar-refractivity contribution in [3.05, 3.63) is 0 Å². The van der Waals surface area contributed by atoms with Gasteiger partial charge in [-0.3, -0.25) is 0 Å². The van der Waals surface area contributed by atoms with Gasteiger partial charge in [0.1, 0.15) is 0 Å². The molecule has 0 aromatic heterocycles. The first-order valence-electron chi connectivity index (χ1n) is 26.7. The van der Waals surface area contributed by atoms with Crippen molar-refractivity contribution >= 4 is 573 Å². The molecular formula is B81UV. The molecule has 0 N–H and O–H groups in total. The summed E-state index contributed by atoms with van der Waals surface area (Å²) in [5.74, 6) is 0. The molecule has 83 heavy (non-hydrogen) atoms. The van der Waals surface area contributed by atoms with E-state index in [0.717, 1.165) is 0 Å². The van der Waals surface area contributed by atoms with E-state index < -0.39 is 249 Å². The van der Waals surface area contributed by atoms with Crippen LogP contribution in [0.2, 0.25) is 0 Å². The normalized spacial score (nSPS) is 9.54. The van der Waals surface area contributed by atoms with Gasteiger partial charge in [-0.2, -0.15) is 0 Å². The van der Waals surface area contributed by atoms with Crippen LogP contribution in [0.25, 0.3) is 0 Å². The zero-order valence-corrected chi connectivity index (χ0v) is 53.3. The Bertz CT molecular complexity index is 1360. The SMILES string of the molecule is [B]B([B])B([B])B(B([B])[B])B(B([B]B(B(B(B([B])[B])B([B])[B])B(B([B])[B])B([B])[B])B(B(B([B])[B])B([B])[B])B(B([B])[B])B([B])[B])B(B(B(B([B])[B])B([B])[B])B(B([B])[B])B([B])[B])B(B(B([B])[B])B([B])[B])B(B([B])[B])B([B])[B])B(B([B])[B])B([B])[B].[U].[V]. The molecule has 0 saturated heterocycles. The first-order chi connectivity index (χ1) is 36.8. The second kappa shape index (κ2) is 44.0. The molecule has 0 bridgehead atoms. The molecule has 0 amide bonds. The maximum Gasteiger partial charge on any atom is 0 e. The molecule has 252 valence electrons. The van der Waals surface area contributed by atoms with Crippen LogP contribution in [0.1, 0.15) is 0 Å². The summed E-state index contributed by atoms with van der Waals surface area (Å²) in [6, 6.07) is 0. The molecule has 0 aromatic rings. The van der Waals surface area contributed by atoms with Crippen LogP contribution in [0.15, 0.2) is 0 Å². The topological polar surface area (TPSA) is 0 Å². The molecule has 0 aliphatic carbocycles. The molecule has 0 atom stereocenters. The van der Waals surface area contributed by atoms with Gasteiger partial charge in [0.05, 0.1) is 0 Å². The monoisotopic (exact) mass is 1180 g/mol. The molecule has 0 rings (SSSR count). The first kappa shape index (κ1) is 94.1. The van der Waals surface area contributed by atoms with Crippen LogP contribution in [-0.2, 0) is 18.6 Å². The Labute approximate surface area is 615 Å². The van der Waals surface area contributed by atoms with E-state index >= 15 is 0 Å². The van der Waals surface area contributed by atoms with Gasteiger partial charge < -0.3 is 0 Å². The van der Waals surface area contributed by atoms with Crippen molar-refractivity contribution in [1.29, 1.82) is 0 Å². The minimum atomic E-state index is -1.78. The van der Waals surface area contributed by atoms with Crippen LogP contribution in [0.5, 0.6) is 0 Å². The van der Waals surface area contributed by atoms with E-state index in [1.54, 1.807) is 7.06 Å². The summed E-state index contributed by atoms with van der Waals surface area (Å²) < 4.78 is 0. The Morgan fingerprint density at radius 3 is 0.361 bits per heavy atom. The van der Waals surface area contributed by atoms with Crippen molar-refractivity contribution in [2.45, 2.75) is 0 Å². The second-order valence-corrected chi connectivity index (χ2v) is 22.7. The minimum absolute atomic E-state index is 0. The molecule has 0 unspecified atom stereocenters. The summed E-state index contributed by atoms with van der Waals surface area (Å²) in [6.07, 6.45) is -61.8. The summed E-state index contributed by atoms with van der Waals surface area (Å²) >= 11 is 0. The van der Waals surface area contributed by atoms with Crippen LogP contribution in [0.3, 0.4) is 0 Å². The number of hydrogen-bond acceptors (Lipinski definition) is 0. The van der Waals surface area contributed by atoms with E-state index in [4.69, 9.17) is 317 Å². The van der Waals surface area contributed by atoms with Crippen LogP contribution < -0.4 is 0 Å². The Morgan fingerprint density at radius 1 is 0.133 bits per heavy atom. The zero-order valence-electron chi connectivity index (χ0n) is 47.7. The van der Waals surface area contributed by atoms with E-state index in [1.165, 1.54) is 0 Å². The second-order valence-electron chi connectivity index (χ2n) is 22.7. The summed E-state index contributed by atoms with van der Waals surface area (Å²) in [5.41, 5.74) is 0. The molecule has 0 aromatic carbocycles. The Morgan fingerprint density at radius 2 is 0.241 bits per heavy atom. The largest absolute Gasteiger partial charge is 0 e. The third-order valence-electron chi connectivity index (χ3n) is 16.9. The van der Waals surface area contributed by atoms with Gasteiger partial charge in [0.2, 0.25) is 0 Å². The van der Waals surface area contributed by atoms with Crippen LogP contribution in [0.4, 0.5) is 0 Å². The molecule has 84 radical (unpaired) electrons. The van der Waals surface area contributed by atoms with Crippen LogP contribution in [-0.4, -0.2) is 573 Å². The van der Waals surface area contributed by atoms with Gasteiger partial charge in [0.15, 0.2) is 0 Å². The van der Waals surface area contributed by atoms with Crippen molar-refractivity contribution in [2.24, 2.45) is 0 Å². The van der Waals surface area contributed by atoms with Crippen molar-refractivity contribution in [1.82, 2.24) is 0 Å². The third-order valence-corrected chi connectivity index (χ3v) is 16.9. The molecule has 0 aliphatic heterocycles. The molecule has 0 nitrogen and oxygen atoms in total. The quantitative estimate of drug-likeness (QED) is 0.0538. The molecule has 0 heterocycles. The van der Waals surface area contributed by atoms with E-state index in [-0.39, 0.29) is 49.7 Å². The fourth-order valence-electron chi connectivity index (χ4n) is 13.9. The molecule has 0 spiro atoms. The van der Waals surface area contributed by atoms with Gasteiger partial charge in [0.25, 0.3) is 0 Å². The van der Waals surface area contributed by atoms with E-state index in [0.29, 0.717) is 0 Å². The van der Waals surface area contributed by atoms with Gasteiger partial charge in [-0.1, -0.05) is 0 Å².